The van der Waals surface area contributed by atoms with Crippen LogP contribution in [0.3, 0.4) is 0 Å². The Kier molecular flexibility index (Phi) is 4.07. The number of rotatable bonds is 5. The highest BCUT2D eigenvalue weighted by Gasteiger charge is 2.43. The van der Waals surface area contributed by atoms with E-state index in [4.69, 9.17) is 9.15 Å². The number of fused-ring (bicyclic) bond motifs is 2. The first-order chi connectivity index (χ1) is 12.7. The maximum absolute atomic E-state index is 11.9. The Morgan fingerprint density at radius 2 is 2.19 bits per heavy atom. The zero-order chi connectivity index (χ0) is 17.7. The molecule has 6 nitrogen and oxygen atoms in total. The number of hydrogen-bond acceptors (Lipinski definition) is 6. The molecular formula is C19H23N3O3S. The topological polar surface area (TPSA) is 70.2 Å². The van der Waals surface area contributed by atoms with E-state index in [1.165, 1.54) is 37.4 Å². The lowest BCUT2D eigenvalue weighted by Gasteiger charge is -2.30. The summed E-state index contributed by atoms with van der Waals surface area (Å²) in [5, 5.41) is 9.48. The summed E-state index contributed by atoms with van der Waals surface area (Å²) in [5.74, 6) is 3.69. The van der Waals surface area contributed by atoms with Gasteiger partial charge >= 0.3 is 5.97 Å². The third-order valence-corrected chi connectivity index (χ3v) is 7.56. The summed E-state index contributed by atoms with van der Waals surface area (Å²) >= 11 is 1.48. The van der Waals surface area contributed by atoms with Gasteiger partial charge in [-0.1, -0.05) is 18.2 Å². The summed E-state index contributed by atoms with van der Waals surface area (Å²) < 4.78 is 12.9. The number of aromatic nitrogens is 3. The zero-order valence-corrected chi connectivity index (χ0v) is 15.7. The Balaban J connectivity index is 1.50. The minimum absolute atomic E-state index is 0.142. The molecule has 0 aromatic carbocycles. The highest BCUT2D eigenvalue weighted by molar-refractivity contribution is 8.00. The van der Waals surface area contributed by atoms with Crippen molar-refractivity contribution in [3.63, 3.8) is 0 Å². The highest BCUT2D eigenvalue weighted by Crippen LogP contribution is 2.53. The molecule has 7 heteroatoms. The summed E-state index contributed by atoms with van der Waals surface area (Å²) in [5.41, 5.74) is 0. The molecule has 2 aromatic heterocycles. The molecule has 5 atom stereocenters. The number of esters is 1. The normalized spacial score (nSPS) is 31.5. The number of nitrogens with zero attached hydrogens (tertiary/aromatic N) is 3. The van der Waals surface area contributed by atoms with Crippen LogP contribution in [0.5, 0.6) is 0 Å². The summed E-state index contributed by atoms with van der Waals surface area (Å²) in [7, 11) is 0. The quantitative estimate of drug-likeness (QED) is 0.739. The van der Waals surface area contributed by atoms with E-state index in [9.17, 15) is 4.79 Å². The van der Waals surface area contributed by atoms with Gasteiger partial charge in [-0.15, -0.1) is 10.2 Å². The molecule has 2 aromatic rings. The van der Waals surface area contributed by atoms with E-state index in [0.29, 0.717) is 18.6 Å². The summed E-state index contributed by atoms with van der Waals surface area (Å²) in [6, 6.07) is 4.09. The Hall–Kier alpha value is -1.76. The fourth-order valence-electron chi connectivity index (χ4n) is 5.09. The van der Waals surface area contributed by atoms with Crippen LogP contribution in [-0.4, -0.2) is 32.6 Å². The van der Waals surface area contributed by atoms with Gasteiger partial charge in [0.25, 0.3) is 0 Å². The second-order valence-electron chi connectivity index (χ2n) is 7.80. The highest BCUT2D eigenvalue weighted by atomic mass is 32.2. The fourth-order valence-corrected chi connectivity index (χ4v) is 6.17. The van der Waals surface area contributed by atoms with Gasteiger partial charge < -0.3 is 9.15 Å². The second kappa shape index (κ2) is 6.44. The molecule has 2 aliphatic carbocycles. The number of thioether (sulfide) groups is 1. The van der Waals surface area contributed by atoms with E-state index in [1.807, 2.05) is 12.1 Å². The summed E-state index contributed by atoms with van der Waals surface area (Å²) in [4.78, 5) is 11.9. The van der Waals surface area contributed by atoms with Crippen LogP contribution >= 0.6 is 11.8 Å². The van der Waals surface area contributed by atoms with Crippen molar-refractivity contribution < 1.29 is 13.9 Å². The second-order valence-corrected chi connectivity index (χ2v) is 8.97. The van der Waals surface area contributed by atoms with Gasteiger partial charge in [-0.3, -0.25) is 9.36 Å². The van der Waals surface area contributed by atoms with E-state index in [1.54, 1.807) is 6.26 Å². The maximum Gasteiger partial charge on any atom is 0.319 e. The van der Waals surface area contributed by atoms with E-state index in [-0.39, 0.29) is 11.2 Å². The monoisotopic (exact) mass is 373 g/mol. The van der Waals surface area contributed by atoms with Crippen molar-refractivity contribution in [2.45, 2.75) is 55.5 Å². The summed E-state index contributed by atoms with van der Waals surface area (Å²) in [6.45, 7) is 2.77. The predicted octanol–water partition coefficient (Wildman–Crippen LogP) is 3.94. The molecule has 1 aliphatic heterocycles. The van der Waals surface area contributed by atoms with Crippen molar-refractivity contribution in [1.82, 2.24) is 14.8 Å². The lowest BCUT2D eigenvalue weighted by atomic mass is 9.84. The maximum atomic E-state index is 11.9. The van der Waals surface area contributed by atoms with E-state index in [0.717, 1.165) is 35.0 Å². The Bertz CT molecular complexity index is 803. The van der Waals surface area contributed by atoms with Crippen molar-refractivity contribution in [2.75, 3.05) is 6.61 Å². The van der Waals surface area contributed by atoms with Crippen LogP contribution in [0.4, 0.5) is 0 Å². The molecule has 5 rings (SSSR count). The van der Waals surface area contributed by atoms with Crippen LogP contribution in [0.2, 0.25) is 0 Å². The van der Waals surface area contributed by atoms with Gasteiger partial charge in [-0.05, 0) is 56.1 Å². The minimum Gasteiger partial charge on any atom is -0.465 e. The number of cyclic esters (lactones) is 1. The van der Waals surface area contributed by atoms with E-state index in [2.05, 4.69) is 21.7 Å². The molecule has 26 heavy (non-hydrogen) atoms. The zero-order valence-electron chi connectivity index (χ0n) is 14.8. The Morgan fingerprint density at radius 3 is 2.85 bits per heavy atom. The predicted molar refractivity (Wildman–Crippen MR) is 96.6 cm³/mol. The van der Waals surface area contributed by atoms with Gasteiger partial charge in [-0.2, -0.15) is 0 Å². The van der Waals surface area contributed by atoms with E-state index < -0.39 is 0 Å². The molecule has 0 N–H and O–H groups in total. The van der Waals surface area contributed by atoms with Crippen LogP contribution in [0, 0.1) is 17.8 Å². The first-order valence-electron chi connectivity index (χ1n) is 9.52. The third kappa shape index (κ3) is 2.68. The Morgan fingerprint density at radius 1 is 1.27 bits per heavy atom. The molecule has 0 unspecified atom stereocenters. The molecule has 138 valence electrons. The Labute approximate surface area is 156 Å². The third-order valence-electron chi connectivity index (χ3n) is 6.36. The fraction of sp³-hybridized carbons (Fsp3) is 0.632. The average Bonchev–Trinajstić information content (AvgIpc) is 3.44. The largest absolute Gasteiger partial charge is 0.465 e. The van der Waals surface area contributed by atoms with Crippen molar-refractivity contribution in [1.29, 1.82) is 0 Å². The van der Waals surface area contributed by atoms with Gasteiger partial charge in [0.1, 0.15) is 5.25 Å². The van der Waals surface area contributed by atoms with Crippen molar-refractivity contribution >= 4 is 17.7 Å². The van der Waals surface area contributed by atoms with Gasteiger partial charge in [0.15, 0.2) is 10.9 Å². The van der Waals surface area contributed by atoms with Gasteiger partial charge in [0, 0.05) is 12.5 Å². The molecule has 2 saturated carbocycles. The van der Waals surface area contributed by atoms with Crippen LogP contribution in [-0.2, 0) is 9.53 Å². The molecule has 0 radical (unpaired) electrons. The molecular weight excluding hydrogens is 350 g/mol. The van der Waals surface area contributed by atoms with Gasteiger partial charge in [0.05, 0.1) is 12.9 Å². The van der Waals surface area contributed by atoms with Gasteiger partial charge in [-0.25, -0.2) is 0 Å². The van der Waals surface area contributed by atoms with Crippen LogP contribution in [0.25, 0.3) is 11.6 Å². The molecule has 0 spiro atoms. The summed E-state index contributed by atoms with van der Waals surface area (Å²) in [6.07, 6.45) is 7.78. The molecule has 1 saturated heterocycles. The number of hydrogen-bond donors (Lipinski definition) is 0. The minimum atomic E-state index is -0.186. The van der Waals surface area contributed by atoms with Crippen LogP contribution in [0.15, 0.2) is 28.0 Å². The molecule has 0 amide bonds. The molecule has 3 aliphatic rings. The van der Waals surface area contributed by atoms with E-state index >= 15 is 0 Å². The van der Waals surface area contributed by atoms with Gasteiger partial charge in [0.2, 0.25) is 5.82 Å². The first kappa shape index (κ1) is 16.4. The molecule has 3 fully saturated rings. The van der Waals surface area contributed by atoms with Crippen LogP contribution < -0.4 is 0 Å². The first-order valence-corrected chi connectivity index (χ1v) is 10.4. The van der Waals surface area contributed by atoms with Crippen molar-refractivity contribution in [2.24, 2.45) is 17.8 Å². The lowest BCUT2D eigenvalue weighted by Crippen LogP contribution is -2.24. The SMILES string of the molecule is C[C@H]([C@H]1C[C@H]2CC[C@H]1C2)n1c(S[C@@H]2CCOC2=O)nnc1-c1ccco1. The standard InChI is InChI=1S/C19H23N3O3S/c1-11(14-10-12-4-5-13(14)9-12)22-17(15-3-2-7-24-15)20-21-19(22)26-16-6-8-25-18(16)23/h2-3,7,11-14,16H,4-6,8-10H2,1H3/t11-,12+,13+,14-,16-/m1/s1. The number of carbonyl (C=O) groups is 1. The van der Waals surface area contributed by atoms with Crippen molar-refractivity contribution in [3.05, 3.63) is 18.4 Å². The smallest absolute Gasteiger partial charge is 0.319 e. The average molecular weight is 373 g/mol. The van der Waals surface area contributed by atoms with Crippen LogP contribution in [0.1, 0.15) is 45.1 Å². The number of carbonyl (C=O) groups excluding carboxylic acids is 1. The number of ether oxygens (including phenoxy) is 1. The molecule has 2 bridgehead atoms. The lowest BCUT2D eigenvalue weighted by molar-refractivity contribution is -0.137. The molecule has 3 heterocycles. The number of furan rings is 1. The van der Waals surface area contributed by atoms with Crippen molar-refractivity contribution in [3.8, 4) is 11.6 Å².